The van der Waals surface area contributed by atoms with Gasteiger partial charge in [0, 0.05) is 18.7 Å². The summed E-state index contributed by atoms with van der Waals surface area (Å²) >= 11 is 0. The number of rotatable bonds is 5. The lowest BCUT2D eigenvalue weighted by atomic mass is 10.1. The molecule has 118 valence electrons. The average Bonchev–Trinajstić information content (AvgIpc) is 2.97. The Kier molecular flexibility index (Phi) is 4.28. The Morgan fingerprint density at radius 3 is 2.43 bits per heavy atom. The van der Waals surface area contributed by atoms with Gasteiger partial charge >= 0.3 is 5.97 Å². The molecule has 2 aromatic rings. The van der Waals surface area contributed by atoms with Crippen LogP contribution < -0.4 is 9.64 Å². The van der Waals surface area contributed by atoms with Crippen LogP contribution in [-0.4, -0.2) is 23.5 Å². The average molecular weight is 311 g/mol. The maximum Gasteiger partial charge on any atom is 0.308 e. The van der Waals surface area contributed by atoms with E-state index >= 15 is 0 Å². The quantitative estimate of drug-likeness (QED) is 0.922. The molecule has 1 fully saturated rings. The highest BCUT2D eigenvalue weighted by molar-refractivity contribution is 5.99. The number of hydrogen-bond donors (Lipinski definition) is 1. The van der Waals surface area contributed by atoms with Gasteiger partial charge in [-0.3, -0.25) is 9.59 Å². The van der Waals surface area contributed by atoms with E-state index in [0.29, 0.717) is 18.0 Å². The first-order valence-electron chi connectivity index (χ1n) is 7.43. The number of carbonyl (C=O) groups is 2. The number of aliphatic carboxylic acids is 1. The molecule has 0 aromatic heterocycles. The number of hydrogen-bond acceptors (Lipinski definition) is 3. The molecule has 0 aliphatic carbocycles. The van der Waals surface area contributed by atoms with E-state index in [9.17, 15) is 9.59 Å². The van der Waals surface area contributed by atoms with Crippen molar-refractivity contribution in [3.8, 4) is 5.75 Å². The summed E-state index contributed by atoms with van der Waals surface area (Å²) in [7, 11) is 0. The molecule has 5 nitrogen and oxygen atoms in total. The molecule has 1 saturated heterocycles. The molecule has 1 amide bonds. The maximum atomic E-state index is 11.9. The minimum atomic E-state index is -0.927. The minimum absolute atomic E-state index is 0.0571. The smallest absolute Gasteiger partial charge is 0.308 e. The van der Waals surface area contributed by atoms with Gasteiger partial charge in [-0.15, -0.1) is 0 Å². The molecule has 23 heavy (non-hydrogen) atoms. The third-order valence-corrected chi connectivity index (χ3v) is 3.87. The summed E-state index contributed by atoms with van der Waals surface area (Å²) in [6.07, 6.45) is 0.0571. The lowest BCUT2D eigenvalue weighted by molar-refractivity contribution is -0.141. The van der Waals surface area contributed by atoms with Crippen molar-refractivity contribution >= 4 is 17.6 Å². The zero-order valence-electron chi connectivity index (χ0n) is 12.5. The summed E-state index contributed by atoms with van der Waals surface area (Å²) in [4.78, 5) is 24.4. The van der Waals surface area contributed by atoms with E-state index in [-0.39, 0.29) is 18.9 Å². The van der Waals surface area contributed by atoms with E-state index in [1.165, 1.54) is 4.90 Å². The standard InChI is InChI=1S/C18H17NO4/c20-17-10-14(18(21)22)11-19(17)15-6-8-16(9-7-15)23-12-13-4-2-1-3-5-13/h1-9,14H,10-12H2,(H,21,22)/t14-/m0/s1. The van der Waals surface area contributed by atoms with Gasteiger partial charge in [-0.05, 0) is 29.8 Å². The molecule has 5 heteroatoms. The van der Waals surface area contributed by atoms with Gasteiger partial charge in [0.05, 0.1) is 5.92 Å². The van der Waals surface area contributed by atoms with Gasteiger partial charge < -0.3 is 14.7 Å². The molecule has 0 spiro atoms. The first kappa shape index (κ1) is 15.1. The number of benzene rings is 2. The van der Waals surface area contributed by atoms with E-state index in [1.807, 2.05) is 30.3 Å². The number of nitrogens with zero attached hydrogens (tertiary/aromatic N) is 1. The maximum absolute atomic E-state index is 11.9. The van der Waals surface area contributed by atoms with Crippen LogP contribution in [0.25, 0.3) is 0 Å². The van der Waals surface area contributed by atoms with Crippen LogP contribution in [0.2, 0.25) is 0 Å². The SMILES string of the molecule is O=C(O)[C@H]1CC(=O)N(c2ccc(OCc3ccccc3)cc2)C1. The Bertz CT molecular complexity index is 697. The Morgan fingerprint density at radius 2 is 1.83 bits per heavy atom. The van der Waals surface area contributed by atoms with Gasteiger partial charge in [0.15, 0.2) is 0 Å². The van der Waals surface area contributed by atoms with E-state index in [1.54, 1.807) is 24.3 Å². The Labute approximate surface area is 134 Å². The van der Waals surface area contributed by atoms with Crippen LogP contribution in [0, 0.1) is 5.92 Å². The fourth-order valence-electron chi connectivity index (χ4n) is 2.59. The minimum Gasteiger partial charge on any atom is -0.489 e. The van der Waals surface area contributed by atoms with Crippen molar-refractivity contribution in [2.24, 2.45) is 5.92 Å². The van der Waals surface area contributed by atoms with Crippen molar-refractivity contribution in [1.29, 1.82) is 0 Å². The van der Waals surface area contributed by atoms with Gasteiger partial charge in [-0.25, -0.2) is 0 Å². The molecule has 1 atom stereocenters. The zero-order valence-corrected chi connectivity index (χ0v) is 12.5. The third kappa shape index (κ3) is 3.51. The Morgan fingerprint density at radius 1 is 1.13 bits per heavy atom. The van der Waals surface area contributed by atoms with Crippen LogP contribution in [-0.2, 0) is 16.2 Å². The first-order chi connectivity index (χ1) is 11.1. The largest absolute Gasteiger partial charge is 0.489 e. The summed E-state index contributed by atoms with van der Waals surface area (Å²) in [5.74, 6) is -1.01. The lowest BCUT2D eigenvalue weighted by Crippen LogP contribution is -2.25. The molecular weight excluding hydrogens is 294 g/mol. The van der Waals surface area contributed by atoms with Crippen LogP contribution in [0.15, 0.2) is 54.6 Å². The second kappa shape index (κ2) is 6.52. The molecule has 1 heterocycles. The van der Waals surface area contributed by atoms with E-state index in [0.717, 1.165) is 5.56 Å². The summed E-state index contributed by atoms with van der Waals surface area (Å²) in [5, 5.41) is 9.02. The number of anilines is 1. The van der Waals surface area contributed by atoms with E-state index < -0.39 is 11.9 Å². The van der Waals surface area contributed by atoms with Crippen molar-refractivity contribution < 1.29 is 19.4 Å². The highest BCUT2D eigenvalue weighted by atomic mass is 16.5. The normalized spacial score (nSPS) is 17.3. The van der Waals surface area contributed by atoms with Crippen LogP contribution in [0.4, 0.5) is 5.69 Å². The second-order valence-corrected chi connectivity index (χ2v) is 5.51. The zero-order chi connectivity index (χ0) is 16.2. The fraction of sp³-hybridized carbons (Fsp3) is 0.222. The van der Waals surface area contributed by atoms with E-state index in [2.05, 4.69) is 0 Å². The molecular formula is C18H17NO4. The van der Waals surface area contributed by atoms with Crippen LogP contribution in [0.1, 0.15) is 12.0 Å². The molecule has 2 aromatic carbocycles. The summed E-state index contributed by atoms with van der Waals surface area (Å²) < 4.78 is 5.70. The molecule has 0 saturated carbocycles. The molecule has 3 rings (SSSR count). The molecule has 0 unspecified atom stereocenters. The van der Waals surface area contributed by atoms with Crippen molar-refractivity contribution in [2.45, 2.75) is 13.0 Å². The number of carboxylic acid groups (broad SMARTS) is 1. The monoisotopic (exact) mass is 311 g/mol. The van der Waals surface area contributed by atoms with Gasteiger partial charge in [0.1, 0.15) is 12.4 Å². The predicted octanol–water partition coefficient (Wildman–Crippen LogP) is 2.70. The fourth-order valence-corrected chi connectivity index (χ4v) is 2.59. The predicted molar refractivity (Wildman–Crippen MR) is 85.3 cm³/mol. The van der Waals surface area contributed by atoms with Crippen molar-refractivity contribution in [3.05, 3.63) is 60.2 Å². The number of carboxylic acids is 1. The van der Waals surface area contributed by atoms with Crippen molar-refractivity contribution in [1.82, 2.24) is 0 Å². The molecule has 0 bridgehead atoms. The number of ether oxygens (including phenoxy) is 1. The van der Waals surface area contributed by atoms with Crippen molar-refractivity contribution in [2.75, 3.05) is 11.4 Å². The molecule has 0 radical (unpaired) electrons. The summed E-state index contributed by atoms with van der Waals surface area (Å²) in [6, 6.07) is 17.0. The highest BCUT2D eigenvalue weighted by Crippen LogP contribution is 2.27. The van der Waals surface area contributed by atoms with Gasteiger partial charge in [0.25, 0.3) is 0 Å². The second-order valence-electron chi connectivity index (χ2n) is 5.51. The van der Waals surface area contributed by atoms with Gasteiger partial charge in [-0.1, -0.05) is 30.3 Å². The first-order valence-corrected chi connectivity index (χ1v) is 7.43. The Balaban J connectivity index is 1.63. The molecule has 1 aliphatic heterocycles. The highest BCUT2D eigenvalue weighted by Gasteiger charge is 2.34. The van der Waals surface area contributed by atoms with Crippen LogP contribution in [0.3, 0.4) is 0 Å². The van der Waals surface area contributed by atoms with Crippen LogP contribution >= 0.6 is 0 Å². The summed E-state index contributed by atoms with van der Waals surface area (Å²) in [5.41, 5.74) is 1.78. The number of carbonyl (C=O) groups excluding carboxylic acids is 1. The summed E-state index contributed by atoms with van der Waals surface area (Å²) in [6.45, 7) is 0.697. The third-order valence-electron chi connectivity index (χ3n) is 3.87. The topological polar surface area (TPSA) is 66.8 Å². The molecule has 1 aliphatic rings. The van der Waals surface area contributed by atoms with Crippen molar-refractivity contribution in [3.63, 3.8) is 0 Å². The Hall–Kier alpha value is -2.82. The van der Waals surface area contributed by atoms with Gasteiger partial charge in [-0.2, -0.15) is 0 Å². The van der Waals surface area contributed by atoms with Gasteiger partial charge in [0.2, 0.25) is 5.91 Å². The van der Waals surface area contributed by atoms with E-state index in [4.69, 9.17) is 9.84 Å². The number of amides is 1. The lowest BCUT2D eigenvalue weighted by Gasteiger charge is -2.16. The molecule has 1 N–H and O–H groups in total. The van der Waals surface area contributed by atoms with Crippen LogP contribution in [0.5, 0.6) is 5.75 Å².